The van der Waals surface area contributed by atoms with Gasteiger partial charge >= 0.3 is 12.1 Å². The highest BCUT2D eigenvalue weighted by molar-refractivity contribution is 5.99. The molecule has 0 fully saturated rings. The minimum Gasteiger partial charge on any atom is -0.505 e. The summed E-state index contributed by atoms with van der Waals surface area (Å²) in [6.45, 7) is 2.00. The van der Waals surface area contributed by atoms with Crippen molar-refractivity contribution in [1.29, 1.82) is 0 Å². The first-order chi connectivity index (χ1) is 10.8. The van der Waals surface area contributed by atoms with Gasteiger partial charge in [-0.1, -0.05) is 13.3 Å². The predicted octanol–water partition coefficient (Wildman–Crippen LogP) is 3.21. The van der Waals surface area contributed by atoms with E-state index in [9.17, 15) is 27.9 Å². The maximum absolute atomic E-state index is 12.7. The average Bonchev–Trinajstić information content (AvgIpc) is 2.49. The van der Waals surface area contributed by atoms with Gasteiger partial charge in [0, 0.05) is 5.39 Å². The molecule has 0 bridgehead atoms. The fourth-order valence-electron chi connectivity index (χ4n) is 2.02. The fourth-order valence-corrected chi connectivity index (χ4v) is 2.02. The molecule has 23 heavy (non-hydrogen) atoms. The summed E-state index contributed by atoms with van der Waals surface area (Å²) < 4.78 is 42.9. The van der Waals surface area contributed by atoms with Crippen LogP contribution in [0.15, 0.2) is 23.0 Å². The van der Waals surface area contributed by atoms with Crippen LogP contribution in [0.1, 0.15) is 35.8 Å². The normalized spacial score (nSPS) is 11.7. The minimum absolute atomic E-state index is 0.113. The Balaban J connectivity index is 2.50. The number of carbonyl (C=O) groups excluding carboxylic acids is 1. The van der Waals surface area contributed by atoms with Crippen molar-refractivity contribution in [3.63, 3.8) is 0 Å². The van der Waals surface area contributed by atoms with Crippen molar-refractivity contribution in [3.8, 4) is 5.75 Å². The molecule has 0 aliphatic rings. The summed E-state index contributed by atoms with van der Waals surface area (Å²) in [5, 5.41) is 9.53. The van der Waals surface area contributed by atoms with Crippen molar-refractivity contribution in [2.45, 2.75) is 25.9 Å². The summed E-state index contributed by atoms with van der Waals surface area (Å²) >= 11 is 0. The molecule has 0 radical (unpaired) electrons. The molecule has 2 rings (SSSR count). The molecule has 0 amide bonds. The Labute approximate surface area is 128 Å². The van der Waals surface area contributed by atoms with Gasteiger partial charge in [-0.05, 0) is 24.6 Å². The molecule has 124 valence electrons. The van der Waals surface area contributed by atoms with E-state index >= 15 is 0 Å². The zero-order chi connectivity index (χ0) is 17.2. The van der Waals surface area contributed by atoms with Crippen LogP contribution in [0.4, 0.5) is 13.2 Å². The molecule has 1 aromatic heterocycles. The summed E-state index contributed by atoms with van der Waals surface area (Å²) in [6.07, 6.45) is -3.22. The van der Waals surface area contributed by atoms with Crippen LogP contribution in [0.3, 0.4) is 0 Å². The number of H-pyrrole nitrogens is 1. The Hall–Kier alpha value is -2.51. The van der Waals surface area contributed by atoms with E-state index in [-0.39, 0.29) is 17.4 Å². The van der Waals surface area contributed by atoms with Gasteiger partial charge in [-0.15, -0.1) is 0 Å². The highest BCUT2D eigenvalue weighted by Crippen LogP contribution is 2.33. The lowest BCUT2D eigenvalue weighted by Crippen LogP contribution is -2.17. The van der Waals surface area contributed by atoms with Crippen LogP contribution in [0, 0.1) is 0 Å². The molecule has 0 saturated carbocycles. The van der Waals surface area contributed by atoms with Gasteiger partial charge in [0.1, 0.15) is 0 Å². The number of halogens is 3. The number of aromatic hydroxyl groups is 1. The minimum atomic E-state index is -4.62. The fraction of sp³-hybridized carbons (Fsp3) is 0.333. The van der Waals surface area contributed by atoms with Crippen LogP contribution >= 0.6 is 0 Å². The Bertz CT molecular complexity index is 796. The molecule has 5 nitrogen and oxygen atoms in total. The van der Waals surface area contributed by atoms with Crippen molar-refractivity contribution in [2.75, 3.05) is 6.61 Å². The summed E-state index contributed by atoms with van der Waals surface area (Å²) in [6, 6.07) is 2.30. The first-order valence-electron chi connectivity index (χ1n) is 6.89. The van der Waals surface area contributed by atoms with E-state index < -0.39 is 34.7 Å². The lowest BCUT2D eigenvalue weighted by atomic mass is 10.1. The smallest absolute Gasteiger partial charge is 0.416 e. The van der Waals surface area contributed by atoms with Crippen LogP contribution in [0.25, 0.3) is 10.8 Å². The number of aromatic amines is 1. The van der Waals surface area contributed by atoms with Gasteiger partial charge in [-0.3, -0.25) is 4.79 Å². The van der Waals surface area contributed by atoms with E-state index in [0.29, 0.717) is 12.5 Å². The lowest BCUT2D eigenvalue weighted by molar-refractivity contribution is -0.137. The number of unbranched alkanes of at least 4 members (excludes halogenated alkanes) is 1. The van der Waals surface area contributed by atoms with Crippen molar-refractivity contribution >= 4 is 16.7 Å². The quantitative estimate of drug-likeness (QED) is 0.667. The van der Waals surface area contributed by atoms with Gasteiger partial charge < -0.3 is 14.8 Å². The molecule has 0 atom stereocenters. The summed E-state index contributed by atoms with van der Waals surface area (Å²) in [4.78, 5) is 25.8. The van der Waals surface area contributed by atoms with E-state index in [1.54, 1.807) is 0 Å². The summed E-state index contributed by atoms with van der Waals surface area (Å²) in [5.41, 5.74) is -2.40. The molecule has 0 unspecified atom stereocenters. The first-order valence-corrected chi connectivity index (χ1v) is 6.89. The number of benzene rings is 1. The molecule has 0 aliphatic heterocycles. The zero-order valence-corrected chi connectivity index (χ0v) is 12.2. The highest BCUT2D eigenvalue weighted by Gasteiger charge is 2.31. The van der Waals surface area contributed by atoms with Crippen LogP contribution in [0.2, 0.25) is 0 Å². The van der Waals surface area contributed by atoms with Gasteiger partial charge in [-0.2, -0.15) is 13.2 Å². The second kappa shape index (κ2) is 6.31. The van der Waals surface area contributed by atoms with Crippen LogP contribution in [-0.4, -0.2) is 22.7 Å². The SMILES string of the molecule is CCCCOC(=O)c1[nH]c(=O)c2cc(C(F)(F)F)ccc2c1O. The third-order valence-corrected chi connectivity index (χ3v) is 3.26. The van der Waals surface area contributed by atoms with E-state index in [1.165, 1.54) is 0 Å². The number of ether oxygens (including phenoxy) is 1. The third-order valence-electron chi connectivity index (χ3n) is 3.26. The zero-order valence-electron chi connectivity index (χ0n) is 12.2. The van der Waals surface area contributed by atoms with E-state index in [2.05, 4.69) is 4.98 Å². The standard InChI is InChI=1S/C15H14F3NO4/c1-2-3-6-23-14(22)11-12(20)9-5-4-8(15(16,17)18)7-10(9)13(21)19-11/h4-5,7,20H,2-3,6H2,1H3,(H,19,21). The Morgan fingerprint density at radius 3 is 2.61 bits per heavy atom. The predicted molar refractivity (Wildman–Crippen MR) is 76.4 cm³/mol. The molecule has 1 aromatic carbocycles. The number of aromatic nitrogens is 1. The molecule has 0 saturated heterocycles. The van der Waals surface area contributed by atoms with Crippen molar-refractivity contribution in [3.05, 3.63) is 39.8 Å². The molecule has 2 aromatic rings. The maximum atomic E-state index is 12.7. The number of rotatable bonds is 4. The van der Waals surface area contributed by atoms with Gasteiger partial charge in [-0.25, -0.2) is 4.79 Å². The highest BCUT2D eigenvalue weighted by atomic mass is 19.4. The van der Waals surface area contributed by atoms with Crippen LogP contribution in [0.5, 0.6) is 5.75 Å². The topological polar surface area (TPSA) is 79.4 Å². The monoisotopic (exact) mass is 329 g/mol. The number of hydrogen-bond donors (Lipinski definition) is 2. The van der Waals surface area contributed by atoms with Crippen LogP contribution in [-0.2, 0) is 10.9 Å². The lowest BCUT2D eigenvalue weighted by Gasteiger charge is -2.10. The number of fused-ring (bicyclic) bond motifs is 1. The van der Waals surface area contributed by atoms with E-state index in [0.717, 1.165) is 18.6 Å². The number of hydrogen-bond acceptors (Lipinski definition) is 4. The summed E-state index contributed by atoms with van der Waals surface area (Å²) in [5.74, 6) is -1.55. The molecular formula is C15H14F3NO4. The number of carbonyl (C=O) groups is 1. The second-order valence-corrected chi connectivity index (χ2v) is 4.93. The van der Waals surface area contributed by atoms with Gasteiger partial charge in [0.05, 0.1) is 17.6 Å². The van der Waals surface area contributed by atoms with Gasteiger partial charge in [0.2, 0.25) is 0 Å². The largest absolute Gasteiger partial charge is 0.505 e. The molecule has 0 spiro atoms. The molecule has 1 heterocycles. The maximum Gasteiger partial charge on any atom is 0.416 e. The number of pyridine rings is 1. The molecule has 2 N–H and O–H groups in total. The van der Waals surface area contributed by atoms with Gasteiger partial charge in [0.15, 0.2) is 11.4 Å². The van der Waals surface area contributed by atoms with Crippen LogP contribution < -0.4 is 5.56 Å². The first kappa shape index (κ1) is 16.9. The van der Waals surface area contributed by atoms with Crippen molar-refractivity contribution in [1.82, 2.24) is 4.98 Å². The second-order valence-electron chi connectivity index (χ2n) is 4.93. The Kier molecular flexibility index (Phi) is 4.63. The number of alkyl halides is 3. The number of nitrogens with one attached hydrogen (secondary N) is 1. The summed E-state index contributed by atoms with van der Waals surface area (Å²) in [7, 11) is 0. The molecule has 0 aliphatic carbocycles. The van der Waals surface area contributed by atoms with Crippen molar-refractivity contribution < 1.29 is 27.8 Å². The van der Waals surface area contributed by atoms with E-state index in [4.69, 9.17) is 4.74 Å². The van der Waals surface area contributed by atoms with Gasteiger partial charge in [0.25, 0.3) is 5.56 Å². The molecular weight excluding hydrogens is 315 g/mol. The Morgan fingerprint density at radius 1 is 1.30 bits per heavy atom. The molecule has 8 heteroatoms. The van der Waals surface area contributed by atoms with Crippen molar-refractivity contribution in [2.24, 2.45) is 0 Å². The Morgan fingerprint density at radius 2 is 2.00 bits per heavy atom. The third kappa shape index (κ3) is 3.46. The average molecular weight is 329 g/mol. The van der Waals surface area contributed by atoms with E-state index in [1.807, 2.05) is 6.92 Å². The number of esters is 1.